The Morgan fingerprint density at radius 1 is 1.21 bits per heavy atom. The van der Waals surface area contributed by atoms with E-state index in [0.29, 0.717) is 18.9 Å². The zero-order valence-electron chi connectivity index (χ0n) is 11.4. The minimum Gasteiger partial charge on any atom is -0.465 e. The molecule has 0 unspecified atom stereocenters. The summed E-state index contributed by atoms with van der Waals surface area (Å²) in [5.74, 6) is -0.328. The fourth-order valence-corrected chi connectivity index (χ4v) is 1.65. The molecule has 1 aromatic rings. The van der Waals surface area contributed by atoms with Crippen LogP contribution in [0.3, 0.4) is 0 Å². The third kappa shape index (κ3) is 3.46. The number of rotatable bonds is 6. The number of esters is 2. The van der Waals surface area contributed by atoms with E-state index in [1.165, 1.54) is 4.57 Å². The number of hydrogen-bond donors (Lipinski definition) is 1. The number of anilines is 1. The lowest BCUT2D eigenvalue weighted by atomic mass is 10.4. The van der Waals surface area contributed by atoms with Gasteiger partial charge in [0.05, 0.1) is 13.2 Å². The second-order valence-corrected chi connectivity index (χ2v) is 3.73. The molecule has 2 N–H and O–H groups in total. The molecule has 0 spiro atoms. The number of carbonyl (C=O) groups excluding carboxylic acids is 2. The molecule has 0 fully saturated rings. The van der Waals surface area contributed by atoms with E-state index in [-0.39, 0.29) is 24.7 Å². The highest BCUT2D eigenvalue weighted by Crippen LogP contribution is 2.16. The van der Waals surface area contributed by atoms with Gasteiger partial charge in [0.1, 0.15) is 18.2 Å². The molecule has 0 saturated carbocycles. The number of nitrogens with zero attached hydrogens (tertiary/aromatic N) is 2. The SMILES string of the molecule is CCOC(=O)Cn1c(CC)nc(C(=O)OCC)c1N. The van der Waals surface area contributed by atoms with E-state index in [1.54, 1.807) is 13.8 Å². The van der Waals surface area contributed by atoms with Crippen LogP contribution in [0.25, 0.3) is 0 Å². The average molecular weight is 269 g/mol. The third-order valence-corrected chi connectivity index (χ3v) is 2.46. The molecule has 19 heavy (non-hydrogen) atoms. The molecule has 0 saturated heterocycles. The van der Waals surface area contributed by atoms with Gasteiger partial charge in [0.15, 0.2) is 5.69 Å². The van der Waals surface area contributed by atoms with Crippen LogP contribution in [-0.4, -0.2) is 34.7 Å². The van der Waals surface area contributed by atoms with Crippen molar-refractivity contribution in [2.75, 3.05) is 18.9 Å². The van der Waals surface area contributed by atoms with Crippen LogP contribution in [0.1, 0.15) is 37.1 Å². The summed E-state index contributed by atoms with van der Waals surface area (Å²) in [6, 6.07) is 0. The van der Waals surface area contributed by atoms with Crippen molar-refractivity contribution in [3.05, 3.63) is 11.5 Å². The zero-order valence-corrected chi connectivity index (χ0v) is 11.4. The quantitative estimate of drug-likeness (QED) is 0.766. The molecule has 7 heteroatoms. The summed E-state index contributed by atoms with van der Waals surface area (Å²) in [6.07, 6.45) is 0.545. The molecule has 0 bridgehead atoms. The molecule has 0 aliphatic heterocycles. The lowest BCUT2D eigenvalue weighted by Gasteiger charge is -2.08. The maximum Gasteiger partial charge on any atom is 0.360 e. The highest BCUT2D eigenvalue weighted by Gasteiger charge is 2.22. The van der Waals surface area contributed by atoms with Gasteiger partial charge in [-0.25, -0.2) is 9.78 Å². The topological polar surface area (TPSA) is 96.4 Å². The monoisotopic (exact) mass is 269 g/mol. The molecule has 1 aromatic heterocycles. The Bertz CT molecular complexity index is 468. The summed E-state index contributed by atoms with van der Waals surface area (Å²) in [5.41, 5.74) is 5.89. The van der Waals surface area contributed by atoms with Gasteiger partial charge in [-0.1, -0.05) is 6.92 Å². The van der Waals surface area contributed by atoms with Gasteiger partial charge in [-0.2, -0.15) is 0 Å². The molecule has 0 aromatic carbocycles. The van der Waals surface area contributed by atoms with E-state index in [9.17, 15) is 9.59 Å². The highest BCUT2D eigenvalue weighted by molar-refractivity contribution is 5.92. The maximum atomic E-state index is 11.7. The van der Waals surface area contributed by atoms with Crippen LogP contribution >= 0.6 is 0 Å². The maximum absolute atomic E-state index is 11.7. The van der Waals surface area contributed by atoms with Crippen LogP contribution in [0.5, 0.6) is 0 Å². The van der Waals surface area contributed by atoms with Gasteiger partial charge in [0.2, 0.25) is 0 Å². The van der Waals surface area contributed by atoms with Crippen LogP contribution in [-0.2, 0) is 27.2 Å². The van der Waals surface area contributed by atoms with Crippen molar-refractivity contribution in [1.82, 2.24) is 9.55 Å². The van der Waals surface area contributed by atoms with Crippen molar-refractivity contribution in [3.8, 4) is 0 Å². The molecule has 0 aliphatic carbocycles. The number of aromatic nitrogens is 2. The first-order valence-electron chi connectivity index (χ1n) is 6.22. The summed E-state index contributed by atoms with van der Waals surface area (Å²) in [4.78, 5) is 27.3. The van der Waals surface area contributed by atoms with E-state index in [1.807, 2.05) is 6.92 Å². The Labute approximate surface area is 111 Å². The number of nitrogens with two attached hydrogens (primary N) is 1. The number of aryl methyl sites for hydroxylation is 1. The second kappa shape index (κ2) is 6.77. The highest BCUT2D eigenvalue weighted by atomic mass is 16.5. The largest absolute Gasteiger partial charge is 0.465 e. The van der Waals surface area contributed by atoms with Gasteiger partial charge in [-0.3, -0.25) is 4.79 Å². The molecule has 0 atom stereocenters. The summed E-state index contributed by atoms with van der Waals surface area (Å²) >= 11 is 0. The first kappa shape index (κ1) is 15.0. The average Bonchev–Trinajstić information content (AvgIpc) is 2.67. The molecule has 1 heterocycles. The molecule has 1 rings (SSSR count). The standard InChI is InChI=1S/C12H19N3O4/c1-4-8-14-10(12(17)19-6-3)11(13)15(8)7-9(16)18-5-2/h4-7,13H2,1-3H3. The van der Waals surface area contributed by atoms with Crippen molar-refractivity contribution in [1.29, 1.82) is 0 Å². The van der Waals surface area contributed by atoms with Gasteiger partial charge < -0.3 is 19.8 Å². The normalized spacial score (nSPS) is 10.3. The summed E-state index contributed by atoms with van der Waals surface area (Å²) < 4.78 is 11.2. The van der Waals surface area contributed by atoms with Gasteiger partial charge in [0, 0.05) is 6.42 Å². The Hall–Kier alpha value is -2.05. The predicted molar refractivity (Wildman–Crippen MR) is 68.6 cm³/mol. The molecular formula is C12H19N3O4. The number of carbonyl (C=O) groups is 2. The molecule has 0 aliphatic rings. The third-order valence-electron chi connectivity index (χ3n) is 2.46. The summed E-state index contributed by atoms with van der Waals surface area (Å²) in [7, 11) is 0. The second-order valence-electron chi connectivity index (χ2n) is 3.73. The Morgan fingerprint density at radius 2 is 1.84 bits per heavy atom. The number of hydrogen-bond acceptors (Lipinski definition) is 6. The molecule has 106 valence electrons. The number of ether oxygens (including phenoxy) is 2. The van der Waals surface area contributed by atoms with E-state index >= 15 is 0 Å². The van der Waals surface area contributed by atoms with Crippen molar-refractivity contribution in [2.45, 2.75) is 33.7 Å². The smallest absolute Gasteiger partial charge is 0.360 e. The van der Waals surface area contributed by atoms with Gasteiger partial charge >= 0.3 is 11.9 Å². The minimum absolute atomic E-state index is 0.0444. The van der Waals surface area contributed by atoms with Gasteiger partial charge in [-0.15, -0.1) is 0 Å². The van der Waals surface area contributed by atoms with Crippen LogP contribution in [0, 0.1) is 0 Å². The molecule has 0 radical (unpaired) electrons. The van der Waals surface area contributed by atoms with E-state index < -0.39 is 11.9 Å². The Kier molecular flexibility index (Phi) is 5.35. The lowest BCUT2D eigenvalue weighted by molar-refractivity contribution is -0.143. The van der Waals surface area contributed by atoms with Crippen LogP contribution in [0.4, 0.5) is 5.82 Å². The van der Waals surface area contributed by atoms with Crippen LogP contribution in [0.15, 0.2) is 0 Å². The van der Waals surface area contributed by atoms with Crippen molar-refractivity contribution >= 4 is 17.8 Å². The fourth-order valence-electron chi connectivity index (χ4n) is 1.65. The zero-order chi connectivity index (χ0) is 14.4. The summed E-state index contributed by atoms with van der Waals surface area (Å²) in [5, 5.41) is 0. The Balaban J connectivity index is 3.03. The van der Waals surface area contributed by atoms with Crippen molar-refractivity contribution in [3.63, 3.8) is 0 Å². The van der Waals surface area contributed by atoms with Crippen molar-refractivity contribution in [2.24, 2.45) is 0 Å². The van der Waals surface area contributed by atoms with Crippen LogP contribution in [0.2, 0.25) is 0 Å². The van der Waals surface area contributed by atoms with E-state index in [0.717, 1.165) is 0 Å². The first-order valence-corrected chi connectivity index (χ1v) is 6.22. The number of imidazole rings is 1. The summed E-state index contributed by atoms with van der Waals surface area (Å²) in [6.45, 7) is 5.75. The first-order chi connectivity index (χ1) is 9.04. The van der Waals surface area contributed by atoms with Crippen molar-refractivity contribution < 1.29 is 19.1 Å². The van der Waals surface area contributed by atoms with Gasteiger partial charge in [0.25, 0.3) is 0 Å². The minimum atomic E-state index is -0.586. The Morgan fingerprint density at radius 3 is 2.37 bits per heavy atom. The van der Waals surface area contributed by atoms with E-state index in [4.69, 9.17) is 15.2 Å². The van der Waals surface area contributed by atoms with Gasteiger partial charge in [-0.05, 0) is 13.8 Å². The molecule has 0 amide bonds. The molecular weight excluding hydrogens is 250 g/mol. The number of nitrogen functional groups attached to an aromatic ring is 1. The van der Waals surface area contributed by atoms with Crippen LogP contribution < -0.4 is 5.73 Å². The lowest BCUT2D eigenvalue weighted by Crippen LogP contribution is -2.17. The van der Waals surface area contributed by atoms with E-state index in [2.05, 4.69) is 4.98 Å². The predicted octanol–water partition coefficient (Wildman–Crippen LogP) is 0.768. The molecule has 7 nitrogen and oxygen atoms in total. The fraction of sp³-hybridized carbons (Fsp3) is 0.583.